The van der Waals surface area contributed by atoms with Crippen molar-refractivity contribution in [3.05, 3.63) is 14.2 Å². The average molecular weight is 336 g/mol. The van der Waals surface area contributed by atoms with E-state index >= 15 is 0 Å². The molecule has 102 valence electrons. The number of ether oxygens (including phenoxy) is 2. The molecule has 0 saturated heterocycles. The molecule has 0 saturated carbocycles. The molecular formula is C12H18BrNO3S. The van der Waals surface area contributed by atoms with Crippen molar-refractivity contribution in [3.63, 3.8) is 0 Å². The van der Waals surface area contributed by atoms with Crippen LogP contribution in [0.15, 0.2) is 4.47 Å². The fourth-order valence-electron chi connectivity index (χ4n) is 1.49. The van der Waals surface area contributed by atoms with Gasteiger partial charge in [-0.3, -0.25) is 4.79 Å². The second-order valence-electron chi connectivity index (χ2n) is 3.99. The van der Waals surface area contributed by atoms with Gasteiger partial charge in [0.15, 0.2) is 5.75 Å². The number of carbonyl (C=O) groups is 1. The van der Waals surface area contributed by atoms with Crippen LogP contribution in [0.3, 0.4) is 0 Å². The van der Waals surface area contributed by atoms with Crippen molar-refractivity contribution in [2.24, 2.45) is 0 Å². The van der Waals surface area contributed by atoms with Crippen molar-refractivity contribution >= 4 is 33.2 Å². The first-order valence-electron chi connectivity index (χ1n) is 5.63. The van der Waals surface area contributed by atoms with Gasteiger partial charge in [0.05, 0.1) is 11.6 Å². The highest BCUT2D eigenvalue weighted by molar-refractivity contribution is 9.10. The maximum atomic E-state index is 12.1. The quantitative estimate of drug-likeness (QED) is 0.869. The van der Waals surface area contributed by atoms with Crippen molar-refractivity contribution in [2.75, 3.05) is 20.8 Å². The van der Waals surface area contributed by atoms with Crippen molar-refractivity contribution in [3.8, 4) is 5.75 Å². The first-order valence-corrected chi connectivity index (χ1v) is 7.24. The minimum Gasteiger partial charge on any atom is -0.494 e. The number of thiophene rings is 1. The lowest BCUT2D eigenvalue weighted by Crippen LogP contribution is -2.33. The molecule has 4 nitrogen and oxygen atoms in total. The predicted molar refractivity (Wildman–Crippen MR) is 76.7 cm³/mol. The van der Waals surface area contributed by atoms with Gasteiger partial charge in [-0.15, -0.1) is 11.3 Å². The summed E-state index contributed by atoms with van der Waals surface area (Å²) < 4.78 is 11.1. The predicted octanol–water partition coefficient (Wildman–Crippen LogP) is 2.98. The molecule has 1 aromatic rings. The summed E-state index contributed by atoms with van der Waals surface area (Å²) in [7, 11) is 3.22. The summed E-state index contributed by atoms with van der Waals surface area (Å²) in [6.45, 7) is 4.53. The minimum atomic E-state index is -0.103. The van der Waals surface area contributed by atoms with Gasteiger partial charge in [-0.05, 0) is 36.2 Å². The second kappa shape index (κ2) is 7.11. The van der Waals surface area contributed by atoms with Crippen molar-refractivity contribution in [2.45, 2.75) is 26.3 Å². The first kappa shape index (κ1) is 15.5. The standard InChI is InChI=1S/C12H18BrNO3S/c1-7(5-6-16-3)14-12(15)11-10(17-4)9(13)8(2)18-11/h7H,5-6H2,1-4H3,(H,14,15). The maximum Gasteiger partial charge on any atom is 0.265 e. The van der Waals surface area contributed by atoms with Crippen LogP contribution in [0, 0.1) is 6.92 Å². The zero-order valence-corrected chi connectivity index (χ0v) is 13.4. The third kappa shape index (κ3) is 3.70. The van der Waals surface area contributed by atoms with Gasteiger partial charge in [0.25, 0.3) is 5.91 Å². The van der Waals surface area contributed by atoms with E-state index in [2.05, 4.69) is 21.2 Å². The Bertz CT molecular complexity index is 420. The lowest BCUT2D eigenvalue weighted by Gasteiger charge is -2.13. The number of methoxy groups -OCH3 is 2. The van der Waals surface area contributed by atoms with Crippen LogP contribution in [0.4, 0.5) is 0 Å². The number of aryl methyl sites for hydroxylation is 1. The van der Waals surface area contributed by atoms with Gasteiger partial charge in [0, 0.05) is 24.6 Å². The maximum absolute atomic E-state index is 12.1. The molecule has 1 atom stereocenters. The van der Waals surface area contributed by atoms with Crippen molar-refractivity contribution in [1.82, 2.24) is 5.32 Å². The molecule has 1 amide bonds. The molecule has 0 bridgehead atoms. The highest BCUT2D eigenvalue weighted by Crippen LogP contribution is 2.38. The van der Waals surface area contributed by atoms with E-state index in [1.54, 1.807) is 14.2 Å². The Morgan fingerprint density at radius 2 is 2.17 bits per heavy atom. The molecule has 0 fully saturated rings. The van der Waals surface area contributed by atoms with Crippen LogP contribution in [0.2, 0.25) is 0 Å². The van der Waals surface area contributed by atoms with E-state index in [0.29, 0.717) is 17.2 Å². The molecule has 1 unspecified atom stereocenters. The smallest absolute Gasteiger partial charge is 0.265 e. The summed E-state index contributed by atoms with van der Waals surface area (Å²) in [6, 6.07) is 0.0725. The van der Waals surface area contributed by atoms with E-state index in [0.717, 1.165) is 15.8 Å². The molecule has 1 heterocycles. The summed E-state index contributed by atoms with van der Waals surface area (Å²) >= 11 is 4.85. The van der Waals surface area contributed by atoms with Gasteiger partial charge in [0.1, 0.15) is 4.88 Å². The van der Waals surface area contributed by atoms with Crippen LogP contribution in [-0.4, -0.2) is 32.8 Å². The van der Waals surface area contributed by atoms with Gasteiger partial charge in [0.2, 0.25) is 0 Å². The molecule has 6 heteroatoms. The van der Waals surface area contributed by atoms with Gasteiger partial charge in [-0.1, -0.05) is 0 Å². The number of halogens is 1. The highest BCUT2D eigenvalue weighted by atomic mass is 79.9. The number of rotatable bonds is 6. The monoisotopic (exact) mass is 335 g/mol. The summed E-state index contributed by atoms with van der Waals surface area (Å²) in [5, 5.41) is 2.94. The molecule has 0 aliphatic rings. The summed E-state index contributed by atoms with van der Waals surface area (Å²) in [4.78, 5) is 13.8. The Labute approximate surface area is 120 Å². The van der Waals surface area contributed by atoms with Crippen LogP contribution in [0.25, 0.3) is 0 Å². The van der Waals surface area contributed by atoms with E-state index in [1.165, 1.54) is 11.3 Å². The topological polar surface area (TPSA) is 47.6 Å². The first-order chi connectivity index (χ1) is 8.51. The van der Waals surface area contributed by atoms with Crippen molar-refractivity contribution in [1.29, 1.82) is 0 Å². The number of hydrogen-bond donors (Lipinski definition) is 1. The van der Waals surface area contributed by atoms with Crippen LogP contribution in [-0.2, 0) is 4.74 Å². The normalized spacial score (nSPS) is 12.3. The lowest BCUT2D eigenvalue weighted by molar-refractivity contribution is 0.0931. The van der Waals surface area contributed by atoms with E-state index in [4.69, 9.17) is 9.47 Å². The highest BCUT2D eigenvalue weighted by Gasteiger charge is 2.21. The molecule has 1 rings (SSSR count). The Morgan fingerprint density at radius 3 is 2.72 bits per heavy atom. The molecule has 1 aromatic heterocycles. The molecule has 0 radical (unpaired) electrons. The van der Waals surface area contributed by atoms with E-state index in [1.807, 2.05) is 13.8 Å². The number of hydrogen-bond acceptors (Lipinski definition) is 4. The number of amides is 1. The number of nitrogens with one attached hydrogen (secondary N) is 1. The second-order valence-corrected chi connectivity index (χ2v) is 6.01. The van der Waals surface area contributed by atoms with Crippen molar-refractivity contribution < 1.29 is 14.3 Å². The zero-order valence-electron chi connectivity index (χ0n) is 11.0. The molecule has 0 aromatic carbocycles. The van der Waals surface area contributed by atoms with E-state index < -0.39 is 0 Å². The van der Waals surface area contributed by atoms with Crippen LogP contribution in [0.1, 0.15) is 27.9 Å². The Kier molecular flexibility index (Phi) is 6.11. The van der Waals surface area contributed by atoms with Gasteiger partial charge in [-0.25, -0.2) is 0 Å². The lowest BCUT2D eigenvalue weighted by atomic mass is 10.2. The van der Waals surface area contributed by atoms with E-state index in [-0.39, 0.29) is 11.9 Å². The average Bonchev–Trinajstić information content (AvgIpc) is 2.63. The van der Waals surface area contributed by atoms with E-state index in [9.17, 15) is 4.79 Å². The summed E-state index contributed by atoms with van der Waals surface area (Å²) in [5.41, 5.74) is 0. The Morgan fingerprint density at radius 1 is 1.50 bits per heavy atom. The molecule has 0 aliphatic heterocycles. The van der Waals surface area contributed by atoms with Gasteiger partial charge in [-0.2, -0.15) is 0 Å². The third-order valence-corrected chi connectivity index (χ3v) is 4.82. The van der Waals surface area contributed by atoms with Gasteiger partial charge >= 0.3 is 0 Å². The third-order valence-electron chi connectivity index (χ3n) is 2.51. The SMILES string of the molecule is COCCC(C)NC(=O)c1sc(C)c(Br)c1OC. The summed E-state index contributed by atoms with van der Waals surface area (Å²) in [5.74, 6) is 0.503. The summed E-state index contributed by atoms with van der Waals surface area (Å²) in [6.07, 6.45) is 0.788. The zero-order chi connectivity index (χ0) is 13.7. The Hall–Kier alpha value is -0.590. The van der Waals surface area contributed by atoms with Gasteiger partial charge < -0.3 is 14.8 Å². The van der Waals surface area contributed by atoms with Crippen LogP contribution < -0.4 is 10.1 Å². The minimum absolute atomic E-state index is 0.0725. The molecule has 18 heavy (non-hydrogen) atoms. The fraction of sp³-hybridized carbons (Fsp3) is 0.583. The molecular weight excluding hydrogens is 318 g/mol. The fourth-order valence-corrected chi connectivity index (χ4v) is 3.14. The largest absolute Gasteiger partial charge is 0.494 e. The number of carbonyl (C=O) groups excluding carboxylic acids is 1. The molecule has 1 N–H and O–H groups in total. The molecule has 0 aliphatic carbocycles. The van der Waals surface area contributed by atoms with Crippen LogP contribution in [0.5, 0.6) is 5.75 Å². The van der Waals surface area contributed by atoms with Crippen LogP contribution >= 0.6 is 27.3 Å². The Balaban J connectivity index is 2.75. The molecule has 0 spiro atoms.